The van der Waals surface area contributed by atoms with Crippen molar-refractivity contribution in [2.45, 2.75) is 0 Å². The van der Waals surface area contributed by atoms with Gasteiger partial charge in [0, 0.05) is 65.1 Å². The van der Waals surface area contributed by atoms with Crippen LogP contribution in [0.15, 0.2) is 158 Å². The number of hydrogen-bond donors (Lipinski definition) is 0. The Kier molecular flexibility index (Phi) is 5.80. The Balaban J connectivity index is 1.19. The molecule has 0 saturated heterocycles. The molecule has 5 heteroatoms. The monoisotopic (exact) mass is 654 g/mol. The Morgan fingerprint density at radius 3 is 2.14 bits per heavy atom. The average Bonchev–Trinajstić information content (AvgIpc) is 3.73. The number of rotatable bonds is 3. The Bertz CT molecular complexity index is 3160. The highest BCUT2D eigenvalue weighted by Gasteiger charge is 2.19. The summed E-state index contributed by atoms with van der Waals surface area (Å²) in [5.74, 6) is 0.877. The van der Waals surface area contributed by atoms with E-state index < -0.39 is 0 Å². The zero-order valence-corrected chi connectivity index (χ0v) is 27.5. The lowest BCUT2D eigenvalue weighted by atomic mass is 9.97. The molecule has 0 bridgehead atoms. The first-order valence-corrected chi connectivity index (χ1v) is 17.6. The zero-order chi connectivity index (χ0) is 32.8. The zero-order valence-electron chi connectivity index (χ0n) is 26.7. The summed E-state index contributed by atoms with van der Waals surface area (Å²) in [5, 5.41) is 9.35. The highest BCUT2D eigenvalue weighted by molar-refractivity contribution is 7.26. The minimum atomic E-state index is 0.877. The third-order valence-corrected chi connectivity index (χ3v) is 11.2. The van der Waals surface area contributed by atoms with Crippen LogP contribution in [-0.2, 0) is 0 Å². The van der Waals surface area contributed by atoms with E-state index in [0.29, 0.717) is 0 Å². The molecule has 6 aromatic carbocycles. The first-order valence-electron chi connectivity index (χ1n) is 16.8. The summed E-state index contributed by atoms with van der Waals surface area (Å²) in [5.41, 5.74) is 8.54. The second-order valence-electron chi connectivity index (χ2n) is 12.8. The first kappa shape index (κ1) is 27.5. The molecule has 5 heterocycles. The Hall–Kier alpha value is -6.43. The molecule has 0 unspecified atom stereocenters. The van der Waals surface area contributed by atoms with E-state index >= 15 is 0 Å². The SMILES string of the molecule is c1ccc(-c2cc(-n3c4ccncc4c4cc(-c5nc6c(ccc7sc8ccccc8c76)c6ccccc56)ccc43)nc3ccccc23)cc1. The molecular weight excluding hydrogens is 629 g/mol. The lowest BCUT2D eigenvalue weighted by Crippen LogP contribution is -1.99. The smallest absolute Gasteiger partial charge is 0.138 e. The van der Waals surface area contributed by atoms with E-state index in [2.05, 4.69) is 155 Å². The molecule has 0 fully saturated rings. The molecule has 11 aromatic rings. The fourth-order valence-electron chi connectivity index (χ4n) is 7.84. The Morgan fingerprint density at radius 2 is 1.24 bits per heavy atom. The van der Waals surface area contributed by atoms with Gasteiger partial charge in [0.1, 0.15) is 5.82 Å². The first-order chi connectivity index (χ1) is 24.8. The molecule has 4 nitrogen and oxygen atoms in total. The van der Waals surface area contributed by atoms with Gasteiger partial charge in [-0.1, -0.05) is 103 Å². The molecule has 0 saturated carbocycles. The maximum atomic E-state index is 5.53. The van der Waals surface area contributed by atoms with Crippen LogP contribution < -0.4 is 0 Å². The second kappa shape index (κ2) is 10.5. The molecule has 5 aromatic heterocycles. The van der Waals surface area contributed by atoms with Crippen LogP contribution in [0.3, 0.4) is 0 Å². The standard InChI is InChI=1S/C45H26N4S/c1-2-10-27(11-3-1)34-25-42(47-37-16-8-6-13-30(34)37)49-38-20-18-28(24-35(38)36-26-46-23-22-39(36)49)44-31-14-5-4-12-29(31)32-19-21-41-43(45(32)48-44)33-15-7-9-17-40(33)50-41/h1-26H. The number of para-hydroxylation sites is 1. The number of pyridine rings is 3. The van der Waals surface area contributed by atoms with E-state index in [1.54, 1.807) is 0 Å². The number of nitrogens with zero attached hydrogens (tertiary/aromatic N) is 4. The molecular formula is C45H26N4S. The largest absolute Gasteiger partial charge is 0.294 e. The maximum absolute atomic E-state index is 5.53. The summed E-state index contributed by atoms with van der Waals surface area (Å²) < 4.78 is 4.82. The van der Waals surface area contributed by atoms with Crippen molar-refractivity contribution in [3.05, 3.63) is 158 Å². The van der Waals surface area contributed by atoms with E-state index in [4.69, 9.17) is 9.97 Å². The summed E-state index contributed by atoms with van der Waals surface area (Å²) in [7, 11) is 0. The predicted octanol–water partition coefficient (Wildman–Crippen LogP) is 12.1. The third-order valence-electron chi connectivity index (χ3n) is 10.1. The lowest BCUT2D eigenvalue weighted by molar-refractivity contribution is 1.10. The highest BCUT2D eigenvalue weighted by Crippen LogP contribution is 2.43. The molecule has 0 N–H and O–H groups in total. The van der Waals surface area contributed by atoms with Crippen molar-refractivity contribution >= 4 is 85.9 Å². The number of benzene rings is 6. The molecule has 0 aliphatic carbocycles. The van der Waals surface area contributed by atoms with E-state index in [-0.39, 0.29) is 0 Å². The van der Waals surface area contributed by atoms with Gasteiger partial charge in [-0.3, -0.25) is 9.55 Å². The molecule has 50 heavy (non-hydrogen) atoms. The summed E-state index contributed by atoms with van der Waals surface area (Å²) >= 11 is 1.83. The molecule has 0 spiro atoms. The Morgan fingerprint density at radius 1 is 0.480 bits per heavy atom. The quantitative estimate of drug-likeness (QED) is 0.178. The number of fused-ring (bicyclic) bond motifs is 11. The van der Waals surface area contributed by atoms with Gasteiger partial charge in [-0.15, -0.1) is 11.3 Å². The van der Waals surface area contributed by atoms with Crippen molar-refractivity contribution in [1.82, 2.24) is 19.5 Å². The molecule has 0 radical (unpaired) electrons. The lowest BCUT2D eigenvalue weighted by Gasteiger charge is -2.13. The van der Waals surface area contributed by atoms with Gasteiger partial charge in [-0.25, -0.2) is 9.97 Å². The average molecular weight is 655 g/mol. The van der Waals surface area contributed by atoms with Crippen molar-refractivity contribution in [2.24, 2.45) is 0 Å². The van der Waals surface area contributed by atoms with Gasteiger partial charge in [0.2, 0.25) is 0 Å². The molecule has 0 amide bonds. The summed E-state index contributed by atoms with van der Waals surface area (Å²) in [6.07, 6.45) is 3.84. The number of hydrogen-bond acceptors (Lipinski definition) is 4. The molecule has 0 aliphatic rings. The fraction of sp³-hybridized carbons (Fsp3) is 0. The van der Waals surface area contributed by atoms with Gasteiger partial charge < -0.3 is 0 Å². The minimum absolute atomic E-state index is 0.877. The van der Waals surface area contributed by atoms with Gasteiger partial charge in [0.05, 0.1) is 27.8 Å². The summed E-state index contributed by atoms with van der Waals surface area (Å²) in [6.45, 7) is 0. The van der Waals surface area contributed by atoms with Crippen molar-refractivity contribution in [3.8, 4) is 28.2 Å². The predicted molar refractivity (Wildman–Crippen MR) is 210 cm³/mol. The van der Waals surface area contributed by atoms with Gasteiger partial charge >= 0.3 is 0 Å². The van der Waals surface area contributed by atoms with Crippen LogP contribution in [-0.4, -0.2) is 19.5 Å². The fourth-order valence-corrected chi connectivity index (χ4v) is 8.95. The van der Waals surface area contributed by atoms with Gasteiger partial charge in [-0.05, 0) is 59.0 Å². The van der Waals surface area contributed by atoms with Crippen LogP contribution in [0.1, 0.15) is 0 Å². The summed E-state index contributed by atoms with van der Waals surface area (Å²) in [6, 6.07) is 51.9. The van der Waals surface area contributed by atoms with E-state index in [0.717, 1.165) is 66.3 Å². The minimum Gasteiger partial charge on any atom is -0.294 e. The van der Waals surface area contributed by atoms with Crippen molar-refractivity contribution < 1.29 is 0 Å². The van der Waals surface area contributed by atoms with Crippen molar-refractivity contribution in [3.63, 3.8) is 0 Å². The molecule has 232 valence electrons. The molecule has 0 atom stereocenters. The third kappa shape index (κ3) is 3.95. The van der Waals surface area contributed by atoms with E-state index in [1.165, 1.54) is 36.5 Å². The maximum Gasteiger partial charge on any atom is 0.138 e. The van der Waals surface area contributed by atoms with Crippen LogP contribution in [0.5, 0.6) is 0 Å². The van der Waals surface area contributed by atoms with Crippen LogP contribution in [0.25, 0.3) is 103 Å². The van der Waals surface area contributed by atoms with Crippen LogP contribution in [0.2, 0.25) is 0 Å². The normalized spacial score (nSPS) is 12.0. The van der Waals surface area contributed by atoms with E-state index in [1.807, 2.05) is 23.7 Å². The van der Waals surface area contributed by atoms with Gasteiger partial charge in [-0.2, -0.15) is 0 Å². The summed E-state index contributed by atoms with van der Waals surface area (Å²) in [4.78, 5) is 15.4. The van der Waals surface area contributed by atoms with Crippen LogP contribution >= 0.6 is 11.3 Å². The number of aromatic nitrogens is 4. The topological polar surface area (TPSA) is 43.6 Å². The van der Waals surface area contributed by atoms with Gasteiger partial charge in [0.25, 0.3) is 0 Å². The van der Waals surface area contributed by atoms with Gasteiger partial charge in [0.15, 0.2) is 0 Å². The van der Waals surface area contributed by atoms with Crippen molar-refractivity contribution in [2.75, 3.05) is 0 Å². The molecule has 11 rings (SSSR count). The van der Waals surface area contributed by atoms with Crippen molar-refractivity contribution in [1.29, 1.82) is 0 Å². The van der Waals surface area contributed by atoms with Crippen LogP contribution in [0, 0.1) is 0 Å². The number of thiophene rings is 1. The highest BCUT2D eigenvalue weighted by atomic mass is 32.1. The Labute approximate surface area is 290 Å². The second-order valence-corrected chi connectivity index (χ2v) is 13.9. The molecule has 0 aliphatic heterocycles. The van der Waals surface area contributed by atoms with E-state index in [9.17, 15) is 0 Å². The van der Waals surface area contributed by atoms with Crippen LogP contribution in [0.4, 0.5) is 0 Å².